The lowest BCUT2D eigenvalue weighted by Crippen LogP contribution is -2.43. The van der Waals surface area contributed by atoms with Crippen LogP contribution in [-0.4, -0.2) is 34.1 Å². The van der Waals surface area contributed by atoms with Crippen molar-refractivity contribution in [1.82, 2.24) is 9.97 Å². The highest BCUT2D eigenvalue weighted by atomic mass is 16.4. The zero-order chi connectivity index (χ0) is 12.5. The highest BCUT2D eigenvalue weighted by Crippen LogP contribution is 2.32. The largest absolute Gasteiger partial charge is 0.481 e. The summed E-state index contributed by atoms with van der Waals surface area (Å²) >= 11 is 0. The Bertz CT molecular complexity index is 426. The van der Waals surface area contributed by atoms with Gasteiger partial charge in [0.25, 0.3) is 0 Å². The summed E-state index contributed by atoms with van der Waals surface area (Å²) in [5.41, 5.74) is 0.335. The molecule has 0 aliphatic carbocycles. The maximum Gasteiger partial charge on any atom is 0.309 e. The average molecular weight is 235 g/mol. The second kappa shape index (κ2) is 4.31. The van der Waals surface area contributed by atoms with E-state index in [1.165, 1.54) is 0 Å². The molecule has 0 aromatic carbocycles. The number of nitrogens with zero attached hydrogens (tertiary/aromatic N) is 3. The van der Waals surface area contributed by atoms with Crippen molar-refractivity contribution in [2.24, 2.45) is 5.41 Å². The van der Waals surface area contributed by atoms with Crippen molar-refractivity contribution in [3.05, 3.63) is 18.0 Å². The molecule has 0 saturated carbocycles. The minimum absolute atomic E-state index is 0.597. The number of aryl methyl sites for hydroxylation is 1. The highest BCUT2D eigenvalue weighted by molar-refractivity contribution is 5.74. The summed E-state index contributed by atoms with van der Waals surface area (Å²) in [6.07, 6.45) is 3.02. The first kappa shape index (κ1) is 11.8. The molecule has 0 spiro atoms. The molecule has 1 aliphatic heterocycles. The molecule has 0 amide bonds. The van der Waals surface area contributed by atoms with Crippen molar-refractivity contribution >= 4 is 11.9 Å². The predicted octanol–water partition coefficient (Wildman–Crippen LogP) is 1.48. The van der Waals surface area contributed by atoms with Gasteiger partial charge in [0.05, 0.1) is 5.41 Å². The van der Waals surface area contributed by atoms with Crippen LogP contribution in [0, 0.1) is 12.3 Å². The van der Waals surface area contributed by atoms with Gasteiger partial charge in [0.15, 0.2) is 0 Å². The molecule has 2 heterocycles. The molecule has 5 heteroatoms. The van der Waals surface area contributed by atoms with E-state index in [1.54, 1.807) is 6.20 Å². The first-order chi connectivity index (χ1) is 8.01. The highest BCUT2D eigenvalue weighted by Gasteiger charge is 2.37. The third kappa shape index (κ3) is 2.38. The van der Waals surface area contributed by atoms with Crippen molar-refractivity contribution in [1.29, 1.82) is 0 Å². The molecule has 1 saturated heterocycles. The van der Waals surface area contributed by atoms with Crippen LogP contribution >= 0.6 is 0 Å². The van der Waals surface area contributed by atoms with E-state index in [1.807, 2.05) is 19.9 Å². The Labute approximate surface area is 100 Å². The minimum Gasteiger partial charge on any atom is -0.481 e. The summed E-state index contributed by atoms with van der Waals surface area (Å²) in [6.45, 7) is 5.14. The Balaban J connectivity index is 2.07. The smallest absolute Gasteiger partial charge is 0.309 e. The summed E-state index contributed by atoms with van der Waals surface area (Å²) in [4.78, 5) is 21.8. The monoisotopic (exact) mass is 235 g/mol. The predicted molar refractivity (Wildman–Crippen MR) is 64.0 cm³/mol. The Kier molecular flexibility index (Phi) is 3.00. The van der Waals surface area contributed by atoms with E-state index in [9.17, 15) is 4.79 Å². The zero-order valence-electron chi connectivity index (χ0n) is 10.2. The first-order valence-electron chi connectivity index (χ1n) is 5.79. The number of piperidine rings is 1. The topological polar surface area (TPSA) is 66.3 Å². The van der Waals surface area contributed by atoms with Crippen molar-refractivity contribution in [2.45, 2.75) is 26.7 Å². The Morgan fingerprint density at radius 2 is 2.12 bits per heavy atom. The third-order valence-electron chi connectivity index (χ3n) is 3.45. The molecule has 92 valence electrons. The van der Waals surface area contributed by atoms with Crippen LogP contribution in [0.1, 0.15) is 25.5 Å². The Morgan fingerprint density at radius 1 is 1.47 bits per heavy atom. The van der Waals surface area contributed by atoms with Crippen molar-refractivity contribution in [3.63, 3.8) is 0 Å². The molecule has 1 fully saturated rings. The second-order valence-corrected chi connectivity index (χ2v) is 4.85. The quantitative estimate of drug-likeness (QED) is 0.841. The fraction of sp³-hybridized carbons (Fsp3) is 0.583. The van der Waals surface area contributed by atoms with E-state index in [0.717, 1.165) is 5.69 Å². The first-order valence-corrected chi connectivity index (χ1v) is 5.79. The SMILES string of the molecule is Cc1ccnc(N2CCC(C)(C(=O)O)CC2)n1. The zero-order valence-corrected chi connectivity index (χ0v) is 10.2. The molecular formula is C12H17N3O2. The maximum absolute atomic E-state index is 11.1. The molecule has 0 unspecified atom stereocenters. The van der Waals surface area contributed by atoms with Crippen LogP contribution in [0.3, 0.4) is 0 Å². The van der Waals surface area contributed by atoms with Crippen molar-refractivity contribution < 1.29 is 9.90 Å². The van der Waals surface area contributed by atoms with Crippen LogP contribution in [0.4, 0.5) is 5.95 Å². The lowest BCUT2D eigenvalue weighted by molar-refractivity contribution is -0.149. The summed E-state index contributed by atoms with van der Waals surface area (Å²) in [7, 11) is 0. The van der Waals surface area contributed by atoms with Gasteiger partial charge in [-0.2, -0.15) is 0 Å². The summed E-state index contributed by atoms with van der Waals surface area (Å²) in [5, 5.41) is 9.15. The molecule has 1 aromatic heterocycles. The molecule has 1 aromatic rings. The van der Waals surface area contributed by atoms with Gasteiger partial charge in [-0.05, 0) is 32.8 Å². The van der Waals surface area contributed by atoms with Gasteiger partial charge in [-0.25, -0.2) is 9.97 Å². The average Bonchev–Trinajstić information content (AvgIpc) is 2.30. The van der Waals surface area contributed by atoms with Crippen molar-refractivity contribution in [2.75, 3.05) is 18.0 Å². The van der Waals surface area contributed by atoms with E-state index in [-0.39, 0.29) is 0 Å². The number of rotatable bonds is 2. The Morgan fingerprint density at radius 3 is 2.65 bits per heavy atom. The van der Waals surface area contributed by atoms with Crippen LogP contribution in [0.2, 0.25) is 0 Å². The molecule has 1 N–H and O–H groups in total. The number of carbonyl (C=O) groups is 1. The number of hydrogen-bond acceptors (Lipinski definition) is 4. The van der Waals surface area contributed by atoms with Gasteiger partial charge in [0.2, 0.25) is 5.95 Å². The van der Waals surface area contributed by atoms with E-state index >= 15 is 0 Å². The summed E-state index contributed by atoms with van der Waals surface area (Å²) in [5.74, 6) is -0.000232. The van der Waals surface area contributed by atoms with Gasteiger partial charge in [-0.1, -0.05) is 0 Å². The number of hydrogen-bond donors (Lipinski definition) is 1. The van der Waals surface area contributed by atoms with E-state index in [4.69, 9.17) is 5.11 Å². The number of aliphatic carboxylic acids is 1. The number of aromatic nitrogens is 2. The van der Waals surface area contributed by atoms with Gasteiger partial charge in [0, 0.05) is 25.0 Å². The molecule has 1 aliphatic rings. The van der Waals surface area contributed by atoms with Gasteiger partial charge in [-0.15, -0.1) is 0 Å². The van der Waals surface area contributed by atoms with Gasteiger partial charge in [0.1, 0.15) is 0 Å². The second-order valence-electron chi connectivity index (χ2n) is 4.85. The number of carboxylic acid groups (broad SMARTS) is 1. The molecule has 0 radical (unpaired) electrons. The summed E-state index contributed by atoms with van der Waals surface area (Å²) in [6, 6.07) is 1.86. The standard InChI is InChI=1S/C12H17N3O2/c1-9-3-6-13-11(14-9)15-7-4-12(2,5-8-15)10(16)17/h3,6H,4-5,7-8H2,1-2H3,(H,16,17). The van der Waals surface area contributed by atoms with Crippen LogP contribution < -0.4 is 4.90 Å². The molecule has 2 rings (SSSR count). The lowest BCUT2D eigenvalue weighted by atomic mass is 9.80. The Hall–Kier alpha value is -1.65. The van der Waals surface area contributed by atoms with E-state index in [2.05, 4.69) is 14.9 Å². The van der Waals surface area contributed by atoms with E-state index in [0.29, 0.717) is 31.9 Å². The third-order valence-corrected chi connectivity index (χ3v) is 3.45. The molecule has 17 heavy (non-hydrogen) atoms. The maximum atomic E-state index is 11.1. The van der Waals surface area contributed by atoms with Crippen LogP contribution in [0.25, 0.3) is 0 Å². The van der Waals surface area contributed by atoms with Crippen LogP contribution in [0.5, 0.6) is 0 Å². The number of carboxylic acids is 1. The van der Waals surface area contributed by atoms with Crippen LogP contribution in [0.15, 0.2) is 12.3 Å². The van der Waals surface area contributed by atoms with Gasteiger partial charge >= 0.3 is 5.97 Å². The summed E-state index contributed by atoms with van der Waals surface area (Å²) < 4.78 is 0. The number of anilines is 1. The fourth-order valence-electron chi connectivity index (χ4n) is 2.00. The lowest BCUT2D eigenvalue weighted by Gasteiger charge is -2.36. The fourth-order valence-corrected chi connectivity index (χ4v) is 2.00. The van der Waals surface area contributed by atoms with Gasteiger partial charge in [-0.3, -0.25) is 4.79 Å². The normalized spacial score (nSPS) is 19.1. The molecule has 5 nitrogen and oxygen atoms in total. The van der Waals surface area contributed by atoms with Crippen molar-refractivity contribution in [3.8, 4) is 0 Å². The molecule has 0 atom stereocenters. The van der Waals surface area contributed by atoms with E-state index < -0.39 is 11.4 Å². The minimum atomic E-state index is -0.706. The van der Waals surface area contributed by atoms with Crippen LogP contribution in [-0.2, 0) is 4.79 Å². The molecular weight excluding hydrogens is 218 g/mol. The van der Waals surface area contributed by atoms with Gasteiger partial charge < -0.3 is 10.0 Å². The molecule has 0 bridgehead atoms.